The summed E-state index contributed by atoms with van der Waals surface area (Å²) in [4.78, 5) is 0. The van der Waals surface area contributed by atoms with E-state index in [4.69, 9.17) is 0 Å². The van der Waals surface area contributed by atoms with Crippen molar-refractivity contribution in [1.82, 2.24) is 0 Å². The molecule has 0 aliphatic heterocycles. The minimum Gasteiger partial charge on any atom is -0.367 e. The fourth-order valence-electron chi connectivity index (χ4n) is 3.99. The number of benzene rings is 2. The Morgan fingerprint density at radius 3 is 1.38 bits per heavy atom. The maximum absolute atomic E-state index is 10.5. The summed E-state index contributed by atoms with van der Waals surface area (Å²) < 4.78 is 0. The molecule has 3 unspecified atom stereocenters. The van der Waals surface area contributed by atoms with Crippen molar-refractivity contribution in [3.8, 4) is 0 Å². The Hall–Kier alpha value is -1.64. The van der Waals surface area contributed by atoms with Crippen molar-refractivity contribution in [2.75, 3.05) is 0 Å². The normalized spacial score (nSPS) is 18.2. The quantitative estimate of drug-likeness (QED) is 0.767. The van der Waals surface area contributed by atoms with E-state index < -0.39 is 17.1 Å². The van der Waals surface area contributed by atoms with Crippen LogP contribution in [-0.4, -0.2) is 16.5 Å². The van der Waals surface area contributed by atoms with Gasteiger partial charge in [0.05, 0.1) is 5.41 Å². The van der Waals surface area contributed by atoms with Gasteiger partial charge in [-0.15, -0.1) is 0 Å². The standard InChI is InChI=1S/C22H30O2/c1-16(2)17(3)21(4,18-12-8-6-9-13-18)22(5,20(23)24)19-14-10-7-11-15-19/h6-17,20,23-24H,1-5H3. The predicted octanol–water partition coefficient (Wildman–Crippen LogP) is 4.51. The fraction of sp³-hybridized carbons (Fsp3) is 0.455. The molecule has 0 aromatic heterocycles. The van der Waals surface area contributed by atoms with Crippen LogP contribution in [0.15, 0.2) is 60.7 Å². The van der Waals surface area contributed by atoms with Gasteiger partial charge in [-0.1, -0.05) is 88.4 Å². The van der Waals surface area contributed by atoms with Gasteiger partial charge in [0.1, 0.15) is 0 Å². The molecule has 2 rings (SSSR count). The summed E-state index contributed by atoms with van der Waals surface area (Å²) in [6, 6.07) is 20.1. The lowest BCUT2D eigenvalue weighted by Crippen LogP contribution is -2.57. The molecule has 0 heterocycles. The van der Waals surface area contributed by atoms with E-state index in [9.17, 15) is 10.2 Å². The zero-order valence-corrected chi connectivity index (χ0v) is 15.4. The summed E-state index contributed by atoms with van der Waals surface area (Å²) in [5.74, 6) is 0.642. The van der Waals surface area contributed by atoms with Crippen LogP contribution in [0.5, 0.6) is 0 Å². The van der Waals surface area contributed by atoms with E-state index in [2.05, 4.69) is 39.8 Å². The van der Waals surface area contributed by atoms with Crippen molar-refractivity contribution < 1.29 is 10.2 Å². The molecule has 0 saturated carbocycles. The second-order valence-corrected chi connectivity index (χ2v) is 7.54. The minimum absolute atomic E-state index is 0.243. The summed E-state index contributed by atoms with van der Waals surface area (Å²) in [5, 5.41) is 21.0. The number of aliphatic hydroxyl groups is 2. The van der Waals surface area contributed by atoms with Crippen LogP contribution in [0, 0.1) is 11.8 Å². The Bertz CT molecular complexity index is 636. The molecule has 2 heteroatoms. The van der Waals surface area contributed by atoms with Crippen molar-refractivity contribution in [3.05, 3.63) is 71.8 Å². The predicted molar refractivity (Wildman–Crippen MR) is 99.8 cm³/mol. The Morgan fingerprint density at radius 1 is 0.667 bits per heavy atom. The van der Waals surface area contributed by atoms with Gasteiger partial charge in [0.2, 0.25) is 0 Å². The molecular weight excluding hydrogens is 296 g/mol. The highest BCUT2D eigenvalue weighted by molar-refractivity contribution is 5.39. The third-order valence-electron chi connectivity index (χ3n) is 6.25. The number of aliphatic hydroxyl groups excluding tert-OH is 1. The first-order valence-corrected chi connectivity index (χ1v) is 8.73. The maximum atomic E-state index is 10.5. The molecule has 0 saturated heterocycles. The van der Waals surface area contributed by atoms with Crippen molar-refractivity contribution in [2.24, 2.45) is 11.8 Å². The molecule has 0 aliphatic rings. The van der Waals surface area contributed by atoms with Gasteiger partial charge in [-0.3, -0.25) is 0 Å². The summed E-state index contributed by atoms with van der Waals surface area (Å²) in [7, 11) is 0. The second kappa shape index (κ2) is 7.08. The number of hydrogen-bond acceptors (Lipinski definition) is 2. The smallest absolute Gasteiger partial charge is 0.161 e. The Morgan fingerprint density at radius 2 is 1.04 bits per heavy atom. The molecule has 130 valence electrons. The van der Waals surface area contributed by atoms with Crippen LogP contribution in [0.25, 0.3) is 0 Å². The van der Waals surface area contributed by atoms with Crippen LogP contribution in [0.3, 0.4) is 0 Å². The average molecular weight is 326 g/mol. The Labute approximate surface area is 146 Å². The molecule has 0 aliphatic carbocycles. The molecular formula is C22H30O2. The summed E-state index contributed by atoms with van der Waals surface area (Å²) in [6.07, 6.45) is -1.47. The zero-order chi connectivity index (χ0) is 18.0. The third-order valence-corrected chi connectivity index (χ3v) is 6.25. The van der Waals surface area contributed by atoms with E-state index in [1.54, 1.807) is 0 Å². The van der Waals surface area contributed by atoms with E-state index in [-0.39, 0.29) is 5.92 Å². The molecule has 0 bridgehead atoms. The van der Waals surface area contributed by atoms with Crippen LogP contribution < -0.4 is 0 Å². The van der Waals surface area contributed by atoms with Gasteiger partial charge in [0.25, 0.3) is 0 Å². The van der Waals surface area contributed by atoms with E-state index in [0.717, 1.165) is 11.1 Å². The Kier molecular flexibility index (Phi) is 5.52. The molecule has 2 aromatic carbocycles. The first kappa shape index (κ1) is 18.7. The zero-order valence-electron chi connectivity index (χ0n) is 15.4. The summed E-state index contributed by atoms with van der Waals surface area (Å²) in [5.41, 5.74) is 0.793. The van der Waals surface area contributed by atoms with Gasteiger partial charge in [-0.25, -0.2) is 0 Å². The van der Waals surface area contributed by atoms with Crippen LogP contribution in [0.2, 0.25) is 0 Å². The topological polar surface area (TPSA) is 40.5 Å². The molecule has 2 nitrogen and oxygen atoms in total. The van der Waals surface area contributed by atoms with Gasteiger partial charge in [0, 0.05) is 5.41 Å². The number of hydrogen-bond donors (Lipinski definition) is 2. The van der Waals surface area contributed by atoms with E-state index >= 15 is 0 Å². The van der Waals surface area contributed by atoms with E-state index in [0.29, 0.717) is 5.92 Å². The van der Waals surface area contributed by atoms with E-state index in [1.165, 1.54) is 0 Å². The molecule has 0 spiro atoms. The lowest BCUT2D eigenvalue weighted by Gasteiger charge is -2.53. The lowest BCUT2D eigenvalue weighted by atomic mass is 9.51. The van der Waals surface area contributed by atoms with Gasteiger partial charge < -0.3 is 10.2 Å². The molecule has 24 heavy (non-hydrogen) atoms. The highest BCUT2D eigenvalue weighted by Crippen LogP contribution is 2.52. The summed E-state index contributed by atoms with van der Waals surface area (Å²) in [6.45, 7) is 10.7. The lowest BCUT2D eigenvalue weighted by molar-refractivity contribution is -0.129. The van der Waals surface area contributed by atoms with Crippen LogP contribution in [-0.2, 0) is 10.8 Å². The van der Waals surface area contributed by atoms with Crippen molar-refractivity contribution in [3.63, 3.8) is 0 Å². The molecule has 2 aromatic rings. The molecule has 0 fully saturated rings. The van der Waals surface area contributed by atoms with Crippen LogP contribution in [0.4, 0.5) is 0 Å². The number of rotatable bonds is 6. The SMILES string of the molecule is CC(C)C(C)C(C)(c1ccccc1)C(C)(c1ccccc1)C(O)O. The highest BCUT2D eigenvalue weighted by atomic mass is 16.5. The van der Waals surface area contributed by atoms with Crippen LogP contribution in [0.1, 0.15) is 45.7 Å². The fourth-order valence-corrected chi connectivity index (χ4v) is 3.99. The first-order valence-electron chi connectivity index (χ1n) is 8.73. The maximum Gasteiger partial charge on any atom is 0.161 e. The van der Waals surface area contributed by atoms with Gasteiger partial charge >= 0.3 is 0 Å². The first-order chi connectivity index (χ1) is 11.3. The van der Waals surface area contributed by atoms with Gasteiger partial charge in [-0.05, 0) is 29.9 Å². The van der Waals surface area contributed by atoms with Crippen molar-refractivity contribution >= 4 is 0 Å². The van der Waals surface area contributed by atoms with E-state index in [1.807, 2.05) is 55.5 Å². The third kappa shape index (κ3) is 2.89. The minimum atomic E-state index is -1.47. The monoisotopic (exact) mass is 326 g/mol. The molecule has 0 radical (unpaired) electrons. The highest BCUT2D eigenvalue weighted by Gasteiger charge is 2.54. The summed E-state index contributed by atoms with van der Waals surface area (Å²) >= 11 is 0. The van der Waals surface area contributed by atoms with Gasteiger partial charge in [-0.2, -0.15) is 0 Å². The second-order valence-electron chi connectivity index (χ2n) is 7.54. The molecule has 0 amide bonds. The van der Waals surface area contributed by atoms with Crippen molar-refractivity contribution in [1.29, 1.82) is 0 Å². The van der Waals surface area contributed by atoms with Gasteiger partial charge in [0.15, 0.2) is 6.29 Å². The average Bonchev–Trinajstić information content (AvgIpc) is 2.60. The molecule has 3 atom stereocenters. The largest absolute Gasteiger partial charge is 0.367 e. The molecule has 2 N–H and O–H groups in total. The van der Waals surface area contributed by atoms with Crippen LogP contribution >= 0.6 is 0 Å². The Balaban J connectivity index is 2.77. The van der Waals surface area contributed by atoms with Crippen molar-refractivity contribution in [2.45, 2.75) is 51.7 Å².